The van der Waals surface area contributed by atoms with Crippen molar-refractivity contribution < 1.29 is 5.11 Å². The molecule has 0 aromatic carbocycles. The monoisotopic (exact) mass is 140 g/mol. The van der Waals surface area contributed by atoms with Crippen LogP contribution in [0.3, 0.4) is 0 Å². The Labute approximate surface area is 62.8 Å². The Balaban J connectivity index is 2.53. The van der Waals surface area contributed by atoms with Gasteiger partial charge in [-0.25, -0.2) is 0 Å². The van der Waals surface area contributed by atoms with Crippen molar-refractivity contribution in [3.8, 4) is 0 Å². The van der Waals surface area contributed by atoms with E-state index >= 15 is 0 Å². The van der Waals surface area contributed by atoms with E-state index in [0.717, 1.165) is 0 Å². The molecule has 1 nitrogen and oxygen atoms in total. The number of hydrogen-bond acceptors (Lipinski definition) is 1. The van der Waals surface area contributed by atoms with E-state index in [0.29, 0.717) is 24.4 Å². The minimum Gasteiger partial charge on any atom is -0.396 e. The molecule has 0 bridgehead atoms. The summed E-state index contributed by atoms with van der Waals surface area (Å²) in [6, 6.07) is 0. The van der Waals surface area contributed by atoms with Crippen LogP contribution in [0, 0.1) is 17.8 Å². The highest BCUT2D eigenvalue weighted by atomic mass is 16.3. The van der Waals surface area contributed by atoms with E-state index in [1.807, 2.05) is 0 Å². The highest BCUT2D eigenvalue weighted by Gasteiger charge is 2.19. The number of aliphatic hydroxyl groups excluding tert-OH is 1. The minimum absolute atomic E-state index is 0.310. The standard InChI is InChI=1S/C9H16O/c1-7-3-4-9(6-10)8(2)5-7/h3-4,7-10H,5-6H2,1-2H3/t7-,8+,9-/m1/s1. The van der Waals surface area contributed by atoms with E-state index in [1.165, 1.54) is 6.42 Å². The van der Waals surface area contributed by atoms with Gasteiger partial charge in [0, 0.05) is 12.5 Å². The van der Waals surface area contributed by atoms with Crippen LogP contribution in [0.25, 0.3) is 0 Å². The molecular formula is C9H16O. The van der Waals surface area contributed by atoms with Crippen LogP contribution in [-0.4, -0.2) is 11.7 Å². The molecule has 10 heavy (non-hydrogen) atoms. The van der Waals surface area contributed by atoms with E-state index < -0.39 is 0 Å². The molecule has 0 unspecified atom stereocenters. The molecule has 0 amide bonds. The Morgan fingerprint density at radius 3 is 2.60 bits per heavy atom. The third-order valence-electron chi connectivity index (χ3n) is 2.37. The highest BCUT2D eigenvalue weighted by Crippen LogP contribution is 2.26. The normalized spacial score (nSPS) is 40.1. The second kappa shape index (κ2) is 3.20. The molecule has 0 radical (unpaired) electrons. The van der Waals surface area contributed by atoms with Crippen molar-refractivity contribution in [2.24, 2.45) is 17.8 Å². The quantitative estimate of drug-likeness (QED) is 0.551. The first-order valence-corrected chi connectivity index (χ1v) is 4.03. The van der Waals surface area contributed by atoms with Crippen molar-refractivity contribution in [1.29, 1.82) is 0 Å². The predicted octanol–water partition coefficient (Wildman–Crippen LogP) is 1.83. The number of hydrogen-bond donors (Lipinski definition) is 1. The second-order valence-corrected chi connectivity index (χ2v) is 3.42. The summed E-state index contributed by atoms with van der Waals surface area (Å²) in [6.07, 6.45) is 5.58. The lowest BCUT2D eigenvalue weighted by Gasteiger charge is -2.25. The first-order chi connectivity index (χ1) is 4.74. The summed E-state index contributed by atoms with van der Waals surface area (Å²) < 4.78 is 0. The van der Waals surface area contributed by atoms with E-state index in [1.54, 1.807) is 0 Å². The van der Waals surface area contributed by atoms with Crippen LogP contribution in [-0.2, 0) is 0 Å². The van der Waals surface area contributed by atoms with Gasteiger partial charge in [0.15, 0.2) is 0 Å². The van der Waals surface area contributed by atoms with Gasteiger partial charge in [-0.3, -0.25) is 0 Å². The van der Waals surface area contributed by atoms with Crippen molar-refractivity contribution in [3.63, 3.8) is 0 Å². The van der Waals surface area contributed by atoms with E-state index in [4.69, 9.17) is 5.11 Å². The van der Waals surface area contributed by atoms with E-state index in [2.05, 4.69) is 26.0 Å². The van der Waals surface area contributed by atoms with Crippen molar-refractivity contribution in [2.75, 3.05) is 6.61 Å². The number of allylic oxidation sites excluding steroid dienone is 1. The molecule has 1 aliphatic carbocycles. The number of rotatable bonds is 1. The molecule has 1 heteroatoms. The van der Waals surface area contributed by atoms with E-state index in [-0.39, 0.29) is 0 Å². The van der Waals surface area contributed by atoms with Gasteiger partial charge in [-0.2, -0.15) is 0 Å². The summed E-state index contributed by atoms with van der Waals surface area (Å²) >= 11 is 0. The second-order valence-electron chi connectivity index (χ2n) is 3.42. The average Bonchev–Trinajstić information content (AvgIpc) is 1.88. The lowest BCUT2D eigenvalue weighted by Crippen LogP contribution is -2.19. The first kappa shape index (κ1) is 7.80. The molecule has 0 aromatic heterocycles. The fourth-order valence-corrected chi connectivity index (χ4v) is 1.60. The van der Waals surface area contributed by atoms with Gasteiger partial charge in [-0.05, 0) is 18.3 Å². The lowest BCUT2D eigenvalue weighted by atomic mass is 9.81. The molecule has 1 rings (SSSR count). The maximum atomic E-state index is 8.90. The topological polar surface area (TPSA) is 20.2 Å². The lowest BCUT2D eigenvalue weighted by molar-refractivity contribution is 0.196. The number of aliphatic hydroxyl groups is 1. The van der Waals surface area contributed by atoms with Crippen LogP contribution in [0.2, 0.25) is 0 Å². The van der Waals surface area contributed by atoms with Crippen LogP contribution in [0.1, 0.15) is 20.3 Å². The highest BCUT2D eigenvalue weighted by molar-refractivity contribution is 4.98. The van der Waals surface area contributed by atoms with Crippen molar-refractivity contribution >= 4 is 0 Å². The Morgan fingerprint density at radius 1 is 1.40 bits per heavy atom. The Kier molecular flexibility index (Phi) is 2.50. The zero-order chi connectivity index (χ0) is 7.56. The summed E-state index contributed by atoms with van der Waals surface area (Å²) in [4.78, 5) is 0. The summed E-state index contributed by atoms with van der Waals surface area (Å²) in [7, 11) is 0. The first-order valence-electron chi connectivity index (χ1n) is 4.03. The zero-order valence-electron chi connectivity index (χ0n) is 6.75. The van der Waals surface area contributed by atoms with Gasteiger partial charge in [0.05, 0.1) is 0 Å². The Morgan fingerprint density at radius 2 is 2.10 bits per heavy atom. The summed E-state index contributed by atoms with van der Waals surface area (Å²) in [5, 5.41) is 8.90. The molecule has 0 spiro atoms. The van der Waals surface area contributed by atoms with Gasteiger partial charge >= 0.3 is 0 Å². The van der Waals surface area contributed by atoms with Crippen LogP contribution in [0.15, 0.2) is 12.2 Å². The zero-order valence-corrected chi connectivity index (χ0v) is 6.75. The van der Waals surface area contributed by atoms with Gasteiger partial charge in [0.25, 0.3) is 0 Å². The van der Waals surface area contributed by atoms with Gasteiger partial charge in [0.1, 0.15) is 0 Å². The van der Waals surface area contributed by atoms with Crippen molar-refractivity contribution in [1.82, 2.24) is 0 Å². The Bertz CT molecular complexity index is 129. The molecule has 1 aliphatic rings. The SMILES string of the molecule is C[C@@H]1C=C[C@H](CO)[C@@H](C)C1. The molecule has 58 valence electrons. The Hall–Kier alpha value is -0.300. The summed E-state index contributed by atoms with van der Waals surface area (Å²) in [5.41, 5.74) is 0. The minimum atomic E-state index is 0.310. The molecule has 0 saturated heterocycles. The predicted molar refractivity (Wildman–Crippen MR) is 42.7 cm³/mol. The van der Waals surface area contributed by atoms with Gasteiger partial charge in [-0.15, -0.1) is 0 Å². The van der Waals surface area contributed by atoms with Crippen LogP contribution in [0.5, 0.6) is 0 Å². The molecule has 0 aliphatic heterocycles. The van der Waals surface area contributed by atoms with Crippen LogP contribution >= 0.6 is 0 Å². The van der Waals surface area contributed by atoms with Crippen LogP contribution < -0.4 is 0 Å². The molecule has 0 heterocycles. The van der Waals surface area contributed by atoms with Crippen molar-refractivity contribution in [3.05, 3.63) is 12.2 Å². The fourth-order valence-electron chi connectivity index (χ4n) is 1.60. The van der Waals surface area contributed by atoms with Gasteiger partial charge in [0.2, 0.25) is 0 Å². The molecule has 1 N–H and O–H groups in total. The maximum absolute atomic E-state index is 8.90. The third-order valence-corrected chi connectivity index (χ3v) is 2.37. The molecular weight excluding hydrogens is 124 g/mol. The molecule has 0 fully saturated rings. The molecule has 0 aromatic rings. The van der Waals surface area contributed by atoms with Gasteiger partial charge < -0.3 is 5.11 Å². The fraction of sp³-hybridized carbons (Fsp3) is 0.778. The summed E-state index contributed by atoms with van der Waals surface area (Å²) in [5.74, 6) is 1.78. The van der Waals surface area contributed by atoms with Crippen LogP contribution in [0.4, 0.5) is 0 Å². The smallest absolute Gasteiger partial charge is 0.0496 e. The van der Waals surface area contributed by atoms with Crippen molar-refractivity contribution in [2.45, 2.75) is 20.3 Å². The maximum Gasteiger partial charge on any atom is 0.0496 e. The average molecular weight is 140 g/mol. The summed E-state index contributed by atoms with van der Waals surface area (Å²) in [6.45, 7) is 4.74. The van der Waals surface area contributed by atoms with E-state index in [9.17, 15) is 0 Å². The molecule has 0 saturated carbocycles. The third kappa shape index (κ3) is 1.60. The molecule has 3 atom stereocenters. The largest absolute Gasteiger partial charge is 0.396 e. The van der Waals surface area contributed by atoms with Gasteiger partial charge in [-0.1, -0.05) is 26.0 Å².